The van der Waals surface area contributed by atoms with Gasteiger partial charge in [0.2, 0.25) is 0 Å². The monoisotopic (exact) mass is 246 g/mol. The molecule has 3 nitrogen and oxygen atoms in total. The second kappa shape index (κ2) is 4.48. The number of ether oxygens (including phenoxy) is 1. The molecular formula is C15H18O3. The average molecular weight is 246 g/mol. The van der Waals surface area contributed by atoms with Crippen LogP contribution < -0.4 is 4.74 Å². The Morgan fingerprint density at radius 2 is 2.17 bits per heavy atom. The van der Waals surface area contributed by atoms with E-state index in [0.29, 0.717) is 0 Å². The molecule has 0 radical (unpaired) electrons. The first-order chi connectivity index (χ1) is 8.45. The van der Waals surface area contributed by atoms with Crippen LogP contribution in [0, 0.1) is 0 Å². The summed E-state index contributed by atoms with van der Waals surface area (Å²) in [7, 11) is 1.65. The van der Waals surface area contributed by atoms with E-state index in [0.717, 1.165) is 17.7 Å². The van der Waals surface area contributed by atoms with Gasteiger partial charge in [0.25, 0.3) is 0 Å². The van der Waals surface area contributed by atoms with Crippen LogP contribution in [0.15, 0.2) is 29.8 Å². The molecule has 1 N–H and O–H groups in total. The number of allylic oxidation sites excluding steroid dienone is 1. The van der Waals surface area contributed by atoms with Crippen LogP contribution >= 0.6 is 0 Å². The molecule has 0 atom stereocenters. The number of hydrogen-bond donors (Lipinski definition) is 1. The molecule has 0 saturated carbocycles. The first kappa shape index (κ1) is 12.7. The number of carboxylic acid groups (broad SMARTS) is 1. The van der Waals surface area contributed by atoms with Crippen LogP contribution in [0.1, 0.15) is 31.4 Å². The maximum Gasteiger partial charge on any atom is 0.307 e. The molecular weight excluding hydrogens is 228 g/mol. The van der Waals surface area contributed by atoms with Gasteiger partial charge >= 0.3 is 5.97 Å². The van der Waals surface area contributed by atoms with Crippen molar-refractivity contribution in [3.8, 4) is 5.75 Å². The van der Waals surface area contributed by atoms with Crippen LogP contribution in [0.4, 0.5) is 0 Å². The molecule has 96 valence electrons. The number of aliphatic carboxylic acids is 1. The van der Waals surface area contributed by atoms with Crippen molar-refractivity contribution in [3.05, 3.63) is 41.0 Å². The van der Waals surface area contributed by atoms with E-state index < -0.39 is 5.97 Å². The molecule has 0 aliphatic heterocycles. The van der Waals surface area contributed by atoms with E-state index >= 15 is 0 Å². The molecule has 0 fully saturated rings. The Bertz CT molecular complexity index is 512. The SMILES string of the molecule is COc1ccc2c(c1)CC=C(CC(=O)O)C2(C)C. The van der Waals surface area contributed by atoms with Crippen LogP contribution in [-0.4, -0.2) is 18.2 Å². The van der Waals surface area contributed by atoms with Crippen LogP contribution in [0.5, 0.6) is 5.75 Å². The lowest BCUT2D eigenvalue weighted by Crippen LogP contribution is -2.27. The van der Waals surface area contributed by atoms with Gasteiger partial charge in [-0.15, -0.1) is 0 Å². The molecule has 0 amide bonds. The third-order valence-electron chi connectivity index (χ3n) is 3.70. The topological polar surface area (TPSA) is 46.5 Å². The smallest absolute Gasteiger partial charge is 0.307 e. The fourth-order valence-corrected chi connectivity index (χ4v) is 2.59. The summed E-state index contributed by atoms with van der Waals surface area (Å²) in [5.41, 5.74) is 3.17. The third kappa shape index (κ3) is 2.13. The zero-order valence-corrected chi connectivity index (χ0v) is 11.0. The van der Waals surface area contributed by atoms with E-state index in [1.54, 1.807) is 7.11 Å². The molecule has 0 saturated heterocycles. The molecule has 0 unspecified atom stereocenters. The van der Waals surface area contributed by atoms with Gasteiger partial charge in [-0.2, -0.15) is 0 Å². The maximum absolute atomic E-state index is 10.9. The molecule has 3 heteroatoms. The van der Waals surface area contributed by atoms with Crippen molar-refractivity contribution in [3.63, 3.8) is 0 Å². The van der Waals surface area contributed by atoms with Gasteiger partial charge in [0.1, 0.15) is 5.75 Å². The zero-order chi connectivity index (χ0) is 13.3. The molecule has 1 aromatic rings. The van der Waals surface area contributed by atoms with Crippen molar-refractivity contribution in [1.29, 1.82) is 0 Å². The molecule has 18 heavy (non-hydrogen) atoms. The fourth-order valence-electron chi connectivity index (χ4n) is 2.59. The lowest BCUT2D eigenvalue weighted by atomic mass is 9.70. The number of methoxy groups -OCH3 is 1. The first-order valence-corrected chi connectivity index (χ1v) is 6.04. The largest absolute Gasteiger partial charge is 0.497 e. The van der Waals surface area contributed by atoms with Gasteiger partial charge in [0.15, 0.2) is 0 Å². The fraction of sp³-hybridized carbons (Fsp3) is 0.400. The van der Waals surface area contributed by atoms with Crippen molar-refractivity contribution in [2.45, 2.75) is 32.1 Å². The summed E-state index contributed by atoms with van der Waals surface area (Å²) >= 11 is 0. The van der Waals surface area contributed by atoms with Crippen LogP contribution in [-0.2, 0) is 16.6 Å². The second-order valence-corrected chi connectivity index (χ2v) is 5.15. The molecule has 0 bridgehead atoms. The number of carbonyl (C=O) groups is 1. The van der Waals surface area contributed by atoms with Crippen LogP contribution in [0.2, 0.25) is 0 Å². The van der Waals surface area contributed by atoms with Crippen molar-refractivity contribution in [1.82, 2.24) is 0 Å². The molecule has 0 heterocycles. The minimum Gasteiger partial charge on any atom is -0.497 e. The van der Waals surface area contributed by atoms with Crippen molar-refractivity contribution in [2.24, 2.45) is 0 Å². The molecule has 1 aliphatic carbocycles. The predicted octanol–water partition coefficient (Wildman–Crippen LogP) is 2.93. The lowest BCUT2D eigenvalue weighted by Gasteiger charge is -2.34. The average Bonchev–Trinajstić information content (AvgIpc) is 2.32. The Balaban J connectivity index is 2.41. The Hall–Kier alpha value is -1.77. The van der Waals surface area contributed by atoms with Crippen molar-refractivity contribution in [2.75, 3.05) is 7.11 Å². The predicted molar refractivity (Wildman–Crippen MR) is 70.1 cm³/mol. The van der Waals surface area contributed by atoms with Gasteiger partial charge in [-0.1, -0.05) is 31.6 Å². The van der Waals surface area contributed by atoms with Gasteiger partial charge < -0.3 is 9.84 Å². The zero-order valence-electron chi connectivity index (χ0n) is 11.0. The van der Waals surface area contributed by atoms with Crippen LogP contribution in [0.3, 0.4) is 0 Å². The normalized spacial score (nSPS) is 16.7. The van der Waals surface area contributed by atoms with Gasteiger partial charge in [-0.25, -0.2) is 0 Å². The van der Waals surface area contributed by atoms with E-state index in [9.17, 15) is 4.79 Å². The third-order valence-corrected chi connectivity index (χ3v) is 3.70. The summed E-state index contributed by atoms with van der Waals surface area (Å²) in [5, 5.41) is 8.97. The number of rotatable bonds is 3. The number of benzene rings is 1. The quantitative estimate of drug-likeness (QED) is 0.834. The molecule has 1 aromatic carbocycles. The lowest BCUT2D eigenvalue weighted by molar-refractivity contribution is -0.136. The Morgan fingerprint density at radius 3 is 2.78 bits per heavy atom. The summed E-state index contributed by atoms with van der Waals surface area (Å²) in [6.45, 7) is 4.15. The Morgan fingerprint density at radius 1 is 1.44 bits per heavy atom. The highest BCUT2D eigenvalue weighted by Crippen LogP contribution is 2.40. The summed E-state index contributed by atoms with van der Waals surface area (Å²) in [4.78, 5) is 10.9. The minimum absolute atomic E-state index is 0.110. The highest BCUT2D eigenvalue weighted by atomic mass is 16.5. The summed E-state index contributed by atoms with van der Waals surface area (Å²) in [5.74, 6) is 0.0749. The molecule has 1 aliphatic rings. The number of fused-ring (bicyclic) bond motifs is 1. The standard InChI is InChI=1S/C15H18O3/c1-15(2)11(9-14(16)17)5-4-10-8-12(18-3)6-7-13(10)15/h5-8H,4,9H2,1-3H3,(H,16,17). The Kier molecular flexibility index (Phi) is 3.16. The summed E-state index contributed by atoms with van der Waals surface area (Å²) in [6, 6.07) is 6.01. The highest BCUT2D eigenvalue weighted by molar-refractivity contribution is 5.71. The van der Waals surface area contributed by atoms with Crippen molar-refractivity contribution < 1.29 is 14.6 Å². The van der Waals surface area contributed by atoms with Crippen molar-refractivity contribution >= 4 is 5.97 Å². The van der Waals surface area contributed by atoms with E-state index in [2.05, 4.69) is 13.8 Å². The van der Waals surface area contributed by atoms with E-state index in [-0.39, 0.29) is 11.8 Å². The van der Waals surface area contributed by atoms with Gasteiger partial charge in [-0.05, 0) is 29.7 Å². The molecule has 0 spiro atoms. The van der Waals surface area contributed by atoms with Gasteiger partial charge in [0, 0.05) is 5.41 Å². The Labute approximate surface area is 107 Å². The molecule has 0 aromatic heterocycles. The van der Waals surface area contributed by atoms with Gasteiger partial charge in [0.05, 0.1) is 13.5 Å². The molecule has 2 rings (SSSR count). The summed E-state index contributed by atoms with van der Waals surface area (Å²) < 4.78 is 5.23. The second-order valence-electron chi connectivity index (χ2n) is 5.15. The number of hydrogen-bond acceptors (Lipinski definition) is 2. The first-order valence-electron chi connectivity index (χ1n) is 6.04. The van der Waals surface area contributed by atoms with E-state index in [4.69, 9.17) is 9.84 Å². The minimum atomic E-state index is -0.772. The van der Waals surface area contributed by atoms with Gasteiger partial charge in [-0.3, -0.25) is 4.79 Å². The number of carboxylic acids is 1. The highest BCUT2D eigenvalue weighted by Gasteiger charge is 2.31. The summed E-state index contributed by atoms with van der Waals surface area (Å²) in [6.07, 6.45) is 2.92. The van der Waals surface area contributed by atoms with Crippen LogP contribution in [0.25, 0.3) is 0 Å². The van der Waals surface area contributed by atoms with E-state index in [1.165, 1.54) is 11.1 Å². The maximum atomic E-state index is 10.9. The van der Waals surface area contributed by atoms with E-state index in [1.807, 2.05) is 24.3 Å².